The first kappa shape index (κ1) is 13.5. The van der Waals surface area contributed by atoms with Crippen LogP contribution in [-0.2, 0) is 25.4 Å². The molecular formula is C11H13N3O4S. The predicted octanol–water partition coefficient (Wildman–Crippen LogP) is -0.943. The molecule has 0 atom stereocenters. The number of sulfonamides is 1. The zero-order chi connectivity index (χ0) is 14.0. The van der Waals surface area contributed by atoms with Gasteiger partial charge in [0.05, 0.1) is 18.8 Å². The van der Waals surface area contributed by atoms with Crippen molar-refractivity contribution in [3.63, 3.8) is 0 Å². The molecule has 7 nitrogen and oxygen atoms in total. The van der Waals surface area contributed by atoms with Gasteiger partial charge in [0, 0.05) is 5.69 Å². The maximum absolute atomic E-state index is 12.1. The summed E-state index contributed by atoms with van der Waals surface area (Å²) in [7, 11) is -3.75. The minimum atomic E-state index is -3.75. The topological polar surface area (TPSA) is 110 Å². The molecule has 2 rings (SSSR count). The number of carbonyl (C=O) groups excluding carboxylic acids is 2. The van der Waals surface area contributed by atoms with Gasteiger partial charge in [0.2, 0.25) is 21.8 Å². The first-order chi connectivity index (χ1) is 8.88. The number of nitrogen functional groups attached to an aromatic ring is 1. The van der Waals surface area contributed by atoms with E-state index in [0.717, 1.165) is 4.31 Å². The molecule has 0 aliphatic carbocycles. The molecule has 0 aromatic heterocycles. The molecule has 3 N–H and O–H groups in total. The summed E-state index contributed by atoms with van der Waals surface area (Å²) in [4.78, 5) is 22.4. The van der Waals surface area contributed by atoms with Gasteiger partial charge in [-0.15, -0.1) is 0 Å². The second kappa shape index (κ2) is 4.98. The molecule has 1 fully saturated rings. The van der Waals surface area contributed by atoms with Gasteiger partial charge in [0.15, 0.2) is 0 Å². The Balaban J connectivity index is 2.21. The first-order valence-electron chi connectivity index (χ1n) is 5.52. The number of nitrogens with one attached hydrogen (secondary N) is 1. The number of imide groups is 1. The van der Waals surface area contributed by atoms with Crippen molar-refractivity contribution in [2.45, 2.75) is 5.75 Å². The number of amides is 2. The highest BCUT2D eigenvalue weighted by Crippen LogP contribution is 2.17. The molecule has 1 aliphatic heterocycles. The van der Waals surface area contributed by atoms with Crippen LogP contribution in [0.3, 0.4) is 0 Å². The van der Waals surface area contributed by atoms with Crippen LogP contribution in [0, 0.1) is 0 Å². The Labute approximate surface area is 110 Å². The third-order valence-electron chi connectivity index (χ3n) is 2.71. The van der Waals surface area contributed by atoms with Gasteiger partial charge in [-0.05, 0) is 11.6 Å². The molecule has 0 saturated carbocycles. The highest BCUT2D eigenvalue weighted by Gasteiger charge is 2.31. The number of nitrogens with zero attached hydrogens (tertiary/aromatic N) is 1. The van der Waals surface area contributed by atoms with E-state index >= 15 is 0 Å². The lowest BCUT2D eigenvalue weighted by Crippen LogP contribution is -2.53. The van der Waals surface area contributed by atoms with Crippen LogP contribution in [0.15, 0.2) is 24.3 Å². The van der Waals surface area contributed by atoms with Crippen molar-refractivity contribution in [3.05, 3.63) is 29.8 Å². The number of carbonyl (C=O) groups is 2. The molecule has 0 spiro atoms. The van der Waals surface area contributed by atoms with Gasteiger partial charge >= 0.3 is 0 Å². The summed E-state index contributed by atoms with van der Waals surface area (Å²) in [6.07, 6.45) is 0. The second-order valence-electron chi connectivity index (χ2n) is 4.19. The second-order valence-corrected chi connectivity index (χ2v) is 6.16. The fourth-order valence-electron chi connectivity index (χ4n) is 1.76. The van der Waals surface area contributed by atoms with E-state index in [2.05, 4.69) is 0 Å². The average Bonchev–Trinajstić information content (AvgIpc) is 2.31. The summed E-state index contributed by atoms with van der Waals surface area (Å²) in [5.41, 5.74) is 6.49. The van der Waals surface area contributed by atoms with Crippen LogP contribution in [0.2, 0.25) is 0 Å². The monoisotopic (exact) mass is 283 g/mol. The Bertz CT molecular complexity index is 611. The molecule has 19 heavy (non-hydrogen) atoms. The molecule has 1 heterocycles. The minimum absolute atomic E-state index is 0.333. The van der Waals surface area contributed by atoms with Crippen LogP contribution in [0.5, 0.6) is 0 Å². The van der Waals surface area contributed by atoms with E-state index in [1.165, 1.54) is 0 Å². The van der Waals surface area contributed by atoms with E-state index in [1.807, 2.05) is 5.32 Å². The van der Waals surface area contributed by atoms with E-state index in [-0.39, 0.29) is 18.8 Å². The molecular weight excluding hydrogens is 270 g/mol. The van der Waals surface area contributed by atoms with Gasteiger partial charge in [-0.3, -0.25) is 14.9 Å². The van der Waals surface area contributed by atoms with E-state index < -0.39 is 21.8 Å². The third kappa shape index (κ3) is 3.09. The summed E-state index contributed by atoms with van der Waals surface area (Å²) in [5.74, 6) is -1.58. The van der Waals surface area contributed by atoms with E-state index in [1.54, 1.807) is 24.3 Å². The van der Waals surface area contributed by atoms with Crippen LogP contribution in [-0.4, -0.2) is 37.6 Å². The summed E-state index contributed by atoms with van der Waals surface area (Å²) in [6.45, 7) is -0.693. The quantitative estimate of drug-likeness (QED) is 0.549. The zero-order valence-corrected chi connectivity index (χ0v) is 10.8. The third-order valence-corrected chi connectivity index (χ3v) is 4.43. The lowest BCUT2D eigenvalue weighted by molar-refractivity contribution is -0.134. The molecule has 0 radical (unpaired) electrons. The molecule has 2 amide bonds. The highest BCUT2D eigenvalue weighted by atomic mass is 32.2. The van der Waals surface area contributed by atoms with Crippen LogP contribution in [0.4, 0.5) is 5.69 Å². The Kier molecular flexibility index (Phi) is 3.54. The molecule has 0 bridgehead atoms. The van der Waals surface area contributed by atoms with Gasteiger partial charge in [0.1, 0.15) is 0 Å². The number of hydrogen-bond donors (Lipinski definition) is 2. The average molecular weight is 283 g/mol. The van der Waals surface area contributed by atoms with Gasteiger partial charge in [-0.1, -0.05) is 18.2 Å². The van der Waals surface area contributed by atoms with Gasteiger partial charge in [-0.25, -0.2) is 8.42 Å². The Morgan fingerprint density at radius 3 is 2.32 bits per heavy atom. The Hall–Kier alpha value is -1.93. The Morgan fingerprint density at radius 1 is 1.16 bits per heavy atom. The number of para-hydroxylation sites is 1. The van der Waals surface area contributed by atoms with Crippen LogP contribution >= 0.6 is 0 Å². The number of nitrogens with two attached hydrogens (primary N) is 1. The summed E-state index contributed by atoms with van der Waals surface area (Å²) in [6, 6.07) is 6.57. The normalized spacial score (nSPS) is 17.3. The number of rotatable bonds is 3. The molecule has 1 aromatic carbocycles. The van der Waals surface area contributed by atoms with Crippen molar-refractivity contribution in [1.29, 1.82) is 0 Å². The van der Waals surface area contributed by atoms with E-state index in [4.69, 9.17) is 5.73 Å². The molecule has 1 aromatic rings. The van der Waals surface area contributed by atoms with Gasteiger partial charge in [-0.2, -0.15) is 4.31 Å². The maximum atomic E-state index is 12.1. The van der Waals surface area contributed by atoms with Crippen LogP contribution in [0.25, 0.3) is 0 Å². The van der Waals surface area contributed by atoms with E-state index in [0.29, 0.717) is 11.3 Å². The van der Waals surface area contributed by atoms with Gasteiger partial charge < -0.3 is 5.73 Å². The lowest BCUT2D eigenvalue weighted by Gasteiger charge is -2.24. The smallest absolute Gasteiger partial charge is 0.241 e. The standard InChI is InChI=1S/C11H13N3O4S/c12-9-4-2-1-3-8(9)7-19(17,18)14-5-10(15)13-11(16)6-14/h1-4H,5-7,12H2,(H,13,15,16). The number of hydrogen-bond acceptors (Lipinski definition) is 5. The fraction of sp³-hybridized carbons (Fsp3) is 0.273. The minimum Gasteiger partial charge on any atom is -0.398 e. The van der Waals surface area contributed by atoms with Crippen molar-refractivity contribution in [1.82, 2.24) is 9.62 Å². The van der Waals surface area contributed by atoms with Gasteiger partial charge in [0.25, 0.3) is 0 Å². The zero-order valence-electron chi connectivity index (χ0n) is 10.00. The van der Waals surface area contributed by atoms with Crippen molar-refractivity contribution < 1.29 is 18.0 Å². The maximum Gasteiger partial charge on any atom is 0.241 e. The fourth-order valence-corrected chi connectivity index (χ4v) is 3.23. The first-order valence-corrected chi connectivity index (χ1v) is 7.13. The number of piperazine rings is 1. The molecule has 1 aliphatic rings. The largest absolute Gasteiger partial charge is 0.398 e. The SMILES string of the molecule is Nc1ccccc1CS(=O)(=O)N1CC(=O)NC(=O)C1. The Morgan fingerprint density at radius 2 is 1.74 bits per heavy atom. The number of benzene rings is 1. The predicted molar refractivity (Wildman–Crippen MR) is 68.2 cm³/mol. The highest BCUT2D eigenvalue weighted by molar-refractivity contribution is 7.88. The van der Waals surface area contributed by atoms with Crippen molar-refractivity contribution in [2.75, 3.05) is 18.8 Å². The van der Waals surface area contributed by atoms with Crippen LogP contribution in [0.1, 0.15) is 5.56 Å². The van der Waals surface area contributed by atoms with Crippen molar-refractivity contribution >= 4 is 27.5 Å². The summed E-state index contributed by atoms with van der Waals surface area (Å²) < 4.78 is 25.1. The molecule has 1 saturated heterocycles. The number of anilines is 1. The molecule has 102 valence electrons. The van der Waals surface area contributed by atoms with Crippen LogP contribution < -0.4 is 11.1 Å². The van der Waals surface area contributed by atoms with Crippen molar-refractivity contribution in [3.8, 4) is 0 Å². The van der Waals surface area contributed by atoms with Crippen molar-refractivity contribution in [2.24, 2.45) is 0 Å². The molecule has 0 unspecified atom stereocenters. The summed E-state index contributed by atoms with van der Waals surface area (Å²) >= 11 is 0. The lowest BCUT2D eigenvalue weighted by atomic mass is 10.2. The summed E-state index contributed by atoms with van der Waals surface area (Å²) in [5, 5.41) is 2.05. The molecule has 8 heteroatoms. The van der Waals surface area contributed by atoms with E-state index in [9.17, 15) is 18.0 Å².